The second-order valence-electron chi connectivity index (χ2n) is 7.38. The topological polar surface area (TPSA) is 68.4 Å². The van der Waals surface area contributed by atoms with Crippen LogP contribution in [-0.2, 0) is 13.1 Å². The lowest BCUT2D eigenvalue weighted by Crippen LogP contribution is -3.10. The number of amides is 1. The van der Waals surface area contributed by atoms with Crippen molar-refractivity contribution >= 4 is 5.91 Å². The standard InChI is InChI=1S/C24H28N4O2/c1-4-27(5-2)17-20-13-11-19(12-14-20)16-25-24(30)23-22(29)15-18(3)28(26-23)21-9-7-6-8-10-21/h6-15H,4-5,16-17H2,1-3H3,(H,25,30)/p+1. The summed E-state index contributed by atoms with van der Waals surface area (Å²) in [5.74, 6) is -0.471. The second kappa shape index (κ2) is 9.98. The lowest BCUT2D eigenvalue weighted by molar-refractivity contribution is -0.910. The molecular formula is C24H29N4O2+. The molecule has 156 valence electrons. The van der Waals surface area contributed by atoms with Gasteiger partial charge in [0.05, 0.1) is 18.8 Å². The Morgan fingerprint density at radius 1 is 1.00 bits per heavy atom. The molecule has 0 saturated heterocycles. The smallest absolute Gasteiger partial charge is 0.276 e. The lowest BCUT2D eigenvalue weighted by Gasteiger charge is -2.15. The molecule has 0 spiro atoms. The molecule has 0 saturated carbocycles. The van der Waals surface area contributed by atoms with E-state index in [1.165, 1.54) is 16.5 Å². The number of carbonyl (C=O) groups excluding carboxylic acids is 1. The highest BCUT2D eigenvalue weighted by molar-refractivity contribution is 5.92. The monoisotopic (exact) mass is 405 g/mol. The summed E-state index contributed by atoms with van der Waals surface area (Å²) in [6, 6.07) is 19.1. The van der Waals surface area contributed by atoms with Gasteiger partial charge in [-0.3, -0.25) is 9.59 Å². The first kappa shape index (κ1) is 21.5. The quantitative estimate of drug-likeness (QED) is 0.601. The predicted octanol–water partition coefficient (Wildman–Crippen LogP) is 1.90. The van der Waals surface area contributed by atoms with Gasteiger partial charge in [0.15, 0.2) is 5.69 Å². The maximum absolute atomic E-state index is 12.6. The van der Waals surface area contributed by atoms with Crippen LogP contribution in [0, 0.1) is 6.92 Å². The largest absolute Gasteiger partial charge is 0.346 e. The summed E-state index contributed by atoms with van der Waals surface area (Å²) in [5.41, 5.74) is 3.25. The summed E-state index contributed by atoms with van der Waals surface area (Å²) in [7, 11) is 0. The number of benzene rings is 2. The van der Waals surface area contributed by atoms with Gasteiger partial charge in [0.25, 0.3) is 5.91 Å². The molecule has 0 fully saturated rings. The number of hydrogen-bond acceptors (Lipinski definition) is 3. The van der Waals surface area contributed by atoms with Gasteiger partial charge >= 0.3 is 0 Å². The highest BCUT2D eigenvalue weighted by Gasteiger charge is 2.15. The van der Waals surface area contributed by atoms with Crippen LogP contribution in [0.2, 0.25) is 0 Å². The third-order valence-electron chi connectivity index (χ3n) is 5.25. The molecule has 0 bridgehead atoms. The first-order valence-electron chi connectivity index (χ1n) is 10.4. The summed E-state index contributed by atoms with van der Waals surface area (Å²) in [6.45, 7) is 9.70. The van der Waals surface area contributed by atoms with E-state index in [2.05, 4.69) is 36.4 Å². The second-order valence-corrected chi connectivity index (χ2v) is 7.38. The van der Waals surface area contributed by atoms with Gasteiger partial charge in [0.2, 0.25) is 5.43 Å². The number of para-hydroxylation sites is 1. The molecule has 0 radical (unpaired) electrons. The molecule has 0 aliphatic rings. The van der Waals surface area contributed by atoms with Gasteiger partial charge in [-0.15, -0.1) is 0 Å². The minimum absolute atomic E-state index is 0.105. The van der Waals surface area contributed by atoms with E-state index in [1.54, 1.807) is 11.6 Å². The van der Waals surface area contributed by atoms with E-state index in [0.717, 1.165) is 30.9 Å². The Balaban J connectivity index is 1.70. The van der Waals surface area contributed by atoms with Crippen molar-refractivity contribution in [3.63, 3.8) is 0 Å². The summed E-state index contributed by atoms with van der Waals surface area (Å²) < 4.78 is 1.61. The fourth-order valence-corrected chi connectivity index (χ4v) is 3.36. The summed E-state index contributed by atoms with van der Waals surface area (Å²) in [4.78, 5) is 26.5. The Morgan fingerprint density at radius 2 is 1.63 bits per heavy atom. The van der Waals surface area contributed by atoms with Crippen LogP contribution < -0.4 is 15.6 Å². The number of rotatable bonds is 8. The van der Waals surface area contributed by atoms with Crippen molar-refractivity contribution in [1.82, 2.24) is 15.1 Å². The third-order valence-corrected chi connectivity index (χ3v) is 5.25. The van der Waals surface area contributed by atoms with Crippen LogP contribution in [0.5, 0.6) is 0 Å². The van der Waals surface area contributed by atoms with Crippen LogP contribution in [0.3, 0.4) is 0 Å². The number of nitrogens with one attached hydrogen (secondary N) is 2. The highest BCUT2D eigenvalue weighted by atomic mass is 16.2. The molecule has 0 atom stereocenters. The lowest BCUT2D eigenvalue weighted by atomic mass is 10.1. The zero-order chi connectivity index (χ0) is 21.5. The molecule has 2 aromatic carbocycles. The summed E-state index contributed by atoms with van der Waals surface area (Å²) >= 11 is 0. The maximum Gasteiger partial charge on any atom is 0.276 e. The van der Waals surface area contributed by atoms with Crippen molar-refractivity contribution in [3.8, 4) is 5.69 Å². The molecule has 1 aromatic heterocycles. The average Bonchev–Trinajstić information content (AvgIpc) is 2.77. The molecular weight excluding hydrogens is 376 g/mol. The molecule has 30 heavy (non-hydrogen) atoms. The molecule has 0 aliphatic carbocycles. The molecule has 3 rings (SSSR count). The van der Waals surface area contributed by atoms with Crippen LogP contribution in [0.1, 0.15) is 41.2 Å². The fourth-order valence-electron chi connectivity index (χ4n) is 3.36. The number of aromatic nitrogens is 2. The molecule has 0 unspecified atom stereocenters. The van der Waals surface area contributed by atoms with Crippen LogP contribution in [0.25, 0.3) is 5.69 Å². The Hall–Kier alpha value is -3.25. The number of nitrogens with zero attached hydrogens (tertiary/aromatic N) is 2. The van der Waals surface area contributed by atoms with Crippen molar-refractivity contribution < 1.29 is 9.69 Å². The Morgan fingerprint density at radius 3 is 2.27 bits per heavy atom. The van der Waals surface area contributed by atoms with Crippen LogP contribution in [-0.4, -0.2) is 28.8 Å². The van der Waals surface area contributed by atoms with E-state index in [9.17, 15) is 9.59 Å². The van der Waals surface area contributed by atoms with Gasteiger partial charge < -0.3 is 10.2 Å². The number of hydrogen-bond donors (Lipinski definition) is 2. The molecule has 6 heteroatoms. The number of carbonyl (C=O) groups is 1. The van der Waals surface area contributed by atoms with E-state index < -0.39 is 5.91 Å². The minimum Gasteiger partial charge on any atom is -0.346 e. The first-order chi connectivity index (χ1) is 14.5. The average molecular weight is 406 g/mol. The molecule has 6 nitrogen and oxygen atoms in total. The van der Waals surface area contributed by atoms with Crippen molar-refractivity contribution in [1.29, 1.82) is 0 Å². The summed E-state index contributed by atoms with van der Waals surface area (Å²) in [5, 5.41) is 7.13. The maximum atomic E-state index is 12.6. The van der Waals surface area contributed by atoms with Gasteiger partial charge in [-0.2, -0.15) is 5.10 Å². The molecule has 3 aromatic rings. The Labute approximate surface area is 177 Å². The van der Waals surface area contributed by atoms with E-state index >= 15 is 0 Å². The zero-order valence-electron chi connectivity index (χ0n) is 17.8. The molecule has 2 N–H and O–H groups in total. The van der Waals surface area contributed by atoms with Crippen LogP contribution in [0.15, 0.2) is 65.5 Å². The zero-order valence-corrected chi connectivity index (χ0v) is 17.8. The normalized spacial score (nSPS) is 10.9. The molecule has 0 aliphatic heterocycles. The molecule has 1 heterocycles. The van der Waals surface area contributed by atoms with Gasteiger partial charge in [-0.25, -0.2) is 4.68 Å². The minimum atomic E-state index is -0.471. The van der Waals surface area contributed by atoms with Crippen LogP contribution in [0.4, 0.5) is 0 Å². The third kappa shape index (κ3) is 5.21. The number of aryl methyl sites for hydroxylation is 1. The Kier molecular flexibility index (Phi) is 7.14. The first-order valence-corrected chi connectivity index (χ1v) is 10.4. The SMILES string of the molecule is CC[NH+](CC)Cc1ccc(CNC(=O)c2nn(-c3ccccc3)c(C)cc2=O)cc1. The highest BCUT2D eigenvalue weighted by Crippen LogP contribution is 2.08. The van der Waals surface area contributed by atoms with E-state index in [0.29, 0.717) is 12.2 Å². The van der Waals surface area contributed by atoms with Crippen molar-refractivity contribution in [2.24, 2.45) is 0 Å². The van der Waals surface area contributed by atoms with Gasteiger partial charge in [0.1, 0.15) is 6.54 Å². The van der Waals surface area contributed by atoms with Crippen LogP contribution >= 0.6 is 0 Å². The van der Waals surface area contributed by atoms with E-state index in [4.69, 9.17) is 0 Å². The summed E-state index contributed by atoms with van der Waals surface area (Å²) in [6.07, 6.45) is 0. The van der Waals surface area contributed by atoms with Crippen molar-refractivity contribution in [3.05, 3.63) is 93.4 Å². The fraction of sp³-hybridized carbons (Fsp3) is 0.292. The van der Waals surface area contributed by atoms with Gasteiger partial charge in [-0.1, -0.05) is 42.5 Å². The van der Waals surface area contributed by atoms with Gasteiger partial charge in [0, 0.05) is 23.9 Å². The van der Waals surface area contributed by atoms with E-state index in [1.807, 2.05) is 42.5 Å². The Bertz CT molecular complexity index is 1040. The number of quaternary nitrogens is 1. The van der Waals surface area contributed by atoms with Gasteiger partial charge in [-0.05, 0) is 38.5 Å². The van der Waals surface area contributed by atoms with Crippen molar-refractivity contribution in [2.75, 3.05) is 13.1 Å². The van der Waals surface area contributed by atoms with Crippen molar-refractivity contribution in [2.45, 2.75) is 33.9 Å². The van der Waals surface area contributed by atoms with E-state index in [-0.39, 0.29) is 11.1 Å². The molecule has 1 amide bonds. The predicted molar refractivity (Wildman–Crippen MR) is 118 cm³/mol.